The van der Waals surface area contributed by atoms with Gasteiger partial charge in [0.15, 0.2) is 0 Å². The third kappa shape index (κ3) is 4.32. The van der Waals surface area contributed by atoms with Crippen LogP contribution >= 0.6 is 11.6 Å². The molecule has 4 heteroatoms. The molecule has 0 amide bonds. The Morgan fingerprint density at radius 3 is 2.43 bits per heavy atom. The minimum Gasteiger partial charge on any atom is -0.389 e. The molecule has 3 nitrogen and oxygen atoms in total. The Morgan fingerprint density at radius 1 is 1.19 bits per heavy atom. The highest BCUT2D eigenvalue weighted by Gasteiger charge is 2.24. The van der Waals surface area contributed by atoms with Gasteiger partial charge < -0.3 is 5.11 Å². The van der Waals surface area contributed by atoms with Gasteiger partial charge in [-0.15, -0.1) is 0 Å². The second-order valence-corrected chi connectivity index (χ2v) is 6.21. The summed E-state index contributed by atoms with van der Waals surface area (Å²) in [6.07, 6.45) is 2.11. The van der Waals surface area contributed by atoms with Crippen molar-refractivity contribution in [2.75, 3.05) is 0 Å². The van der Waals surface area contributed by atoms with Crippen LogP contribution in [0.15, 0.2) is 30.3 Å². The molecule has 2 rings (SSSR count). The molecule has 0 spiro atoms. The maximum absolute atomic E-state index is 10.7. The normalized spacial score (nSPS) is 14.1. The van der Waals surface area contributed by atoms with Crippen LogP contribution in [0, 0.1) is 0 Å². The first-order valence-corrected chi connectivity index (χ1v) is 7.83. The average Bonchev–Trinajstić information content (AvgIpc) is 2.82. The number of hydrogen-bond donors (Lipinski definition) is 1. The molecule has 0 saturated heterocycles. The van der Waals surface area contributed by atoms with Crippen molar-refractivity contribution in [3.8, 4) is 0 Å². The quantitative estimate of drug-likeness (QED) is 0.884. The lowest BCUT2D eigenvalue weighted by molar-refractivity contribution is 0.0587. The summed E-state index contributed by atoms with van der Waals surface area (Å²) >= 11 is 5.90. The molecule has 0 radical (unpaired) electrons. The van der Waals surface area contributed by atoms with Gasteiger partial charge in [0.05, 0.1) is 11.3 Å². The van der Waals surface area contributed by atoms with Crippen molar-refractivity contribution >= 4 is 11.6 Å². The first-order chi connectivity index (χ1) is 9.93. The molecule has 0 fully saturated rings. The van der Waals surface area contributed by atoms with Gasteiger partial charge in [-0.25, -0.2) is 0 Å². The summed E-state index contributed by atoms with van der Waals surface area (Å²) in [4.78, 5) is 0. The summed E-state index contributed by atoms with van der Waals surface area (Å²) in [5.74, 6) is 0. The number of rotatable bonds is 6. The number of halogens is 1. The summed E-state index contributed by atoms with van der Waals surface area (Å²) in [7, 11) is 0. The Kier molecular flexibility index (Phi) is 5.07. The minimum absolute atomic E-state index is 0.594. The van der Waals surface area contributed by atoms with Crippen LogP contribution in [0.25, 0.3) is 0 Å². The van der Waals surface area contributed by atoms with Crippen molar-refractivity contribution in [3.63, 3.8) is 0 Å². The van der Waals surface area contributed by atoms with Crippen molar-refractivity contribution in [3.05, 3.63) is 52.3 Å². The number of hydrogen-bond acceptors (Lipinski definition) is 2. The largest absolute Gasteiger partial charge is 0.389 e. The van der Waals surface area contributed by atoms with Gasteiger partial charge in [0.25, 0.3) is 0 Å². The Bertz CT molecular complexity index is 587. The molecule has 2 aromatic rings. The number of aromatic nitrogens is 2. The van der Waals surface area contributed by atoms with Crippen LogP contribution in [0.2, 0.25) is 5.02 Å². The molecule has 0 aliphatic carbocycles. The molecule has 1 heterocycles. The average molecular weight is 307 g/mol. The highest BCUT2D eigenvalue weighted by Crippen LogP contribution is 2.21. The van der Waals surface area contributed by atoms with Crippen molar-refractivity contribution in [1.29, 1.82) is 0 Å². The summed E-state index contributed by atoms with van der Waals surface area (Å²) < 4.78 is 1.98. The zero-order valence-corrected chi connectivity index (χ0v) is 13.7. The molecular weight excluding hydrogens is 284 g/mol. The van der Waals surface area contributed by atoms with E-state index in [1.807, 2.05) is 35.9 Å². The standard InChI is InChI=1S/C17H23ClN2O/c1-4-15-10-16(20(5-2)19-15)12-17(3,21)11-13-6-8-14(18)9-7-13/h6-10,21H,4-5,11-12H2,1-3H3. The van der Waals surface area contributed by atoms with Crippen LogP contribution in [0.4, 0.5) is 0 Å². The van der Waals surface area contributed by atoms with Crippen LogP contribution < -0.4 is 0 Å². The van der Waals surface area contributed by atoms with E-state index in [0.717, 1.165) is 34.9 Å². The second-order valence-electron chi connectivity index (χ2n) is 5.77. The first-order valence-electron chi connectivity index (χ1n) is 7.46. The van der Waals surface area contributed by atoms with Crippen molar-refractivity contribution < 1.29 is 5.11 Å². The van der Waals surface area contributed by atoms with E-state index in [1.54, 1.807) is 0 Å². The van der Waals surface area contributed by atoms with Crippen LogP contribution in [-0.4, -0.2) is 20.5 Å². The maximum atomic E-state index is 10.7. The fourth-order valence-corrected chi connectivity index (χ4v) is 2.72. The lowest BCUT2D eigenvalue weighted by Gasteiger charge is -2.23. The summed E-state index contributed by atoms with van der Waals surface area (Å²) in [6.45, 7) is 6.87. The van der Waals surface area contributed by atoms with E-state index in [1.165, 1.54) is 0 Å². The monoisotopic (exact) mass is 306 g/mol. The summed E-state index contributed by atoms with van der Waals surface area (Å²) in [6, 6.07) is 9.74. The Labute approximate surface area is 131 Å². The van der Waals surface area contributed by atoms with Crippen molar-refractivity contribution in [2.24, 2.45) is 0 Å². The second kappa shape index (κ2) is 6.63. The van der Waals surface area contributed by atoms with E-state index in [-0.39, 0.29) is 0 Å². The van der Waals surface area contributed by atoms with Gasteiger partial charge in [-0.2, -0.15) is 5.10 Å². The molecule has 114 valence electrons. The highest BCUT2D eigenvalue weighted by atomic mass is 35.5. The topological polar surface area (TPSA) is 38.0 Å². The predicted octanol–water partition coefficient (Wildman–Crippen LogP) is 3.66. The van der Waals surface area contributed by atoms with Crippen LogP contribution in [0.5, 0.6) is 0 Å². The Morgan fingerprint density at radius 2 is 1.86 bits per heavy atom. The lowest BCUT2D eigenvalue weighted by Crippen LogP contribution is -2.31. The first kappa shape index (κ1) is 16.1. The zero-order valence-electron chi connectivity index (χ0n) is 12.9. The fraction of sp³-hybridized carbons (Fsp3) is 0.471. The Balaban J connectivity index is 2.12. The van der Waals surface area contributed by atoms with Gasteiger partial charge in [-0.05, 0) is 44.0 Å². The van der Waals surface area contributed by atoms with Gasteiger partial charge in [-0.1, -0.05) is 30.7 Å². The zero-order chi connectivity index (χ0) is 15.5. The fourth-order valence-electron chi connectivity index (χ4n) is 2.60. The molecule has 0 aliphatic heterocycles. The molecule has 0 aliphatic rings. The molecule has 1 unspecified atom stereocenters. The molecular formula is C17H23ClN2O. The van der Waals surface area contributed by atoms with Crippen LogP contribution in [-0.2, 0) is 25.8 Å². The van der Waals surface area contributed by atoms with Crippen LogP contribution in [0.3, 0.4) is 0 Å². The van der Waals surface area contributed by atoms with Gasteiger partial charge in [0.2, 0.25) is 0 Å². The smallest absolute Gasteiger partial charge is 0.0715 e. The molecule has 0 bridgehead atoms. The number of nitrogens with zero attached hydrogens (tertiary/aromatic N) is 2. The number of benzene rings is 1. The molecule has 21 heavy (non-hydrogen) atoms. The molecule has 1 atom stereocenters. The van der Waals surface area contributed by atoms with Gasteiger partial charge in [0.1, 0.15) is 0 Å². The highest BCUT2D eigenvalue weighted by molar-refractivity contribution is 6.30. The minimum atomic E-state index is -0.800. The van der Waals surface area contributed by atoms with Gasteiger partial charge >= 0.3 is 0 Å². The molecule has 0 saturated carbocycles. The lowest BCUT2D eigenvalue weighted by atomic mass is 9.91. The van der Waals surface area contributed by atoms with E-state index in [0.29, 0.717) is 12.8 Å². The van der Waals surface area contributed by atoms with E-state index in [2.05, 4.69) is 25.0 Å². The van der Waals surface area contributed by atoms with E-state index in [9.17, 15) is 5.11 Å². The van der Waals surface area contributed by atoms with E-state index in [4.69, 9.17) is 11.6 Å². The summed E-state index contributed by atoms with van der Waals surface area (Å²) in [5.41, 5.74) is 2.45. The van der Waals surface area contributed by atoms with E-state index >= 15 is 0 Å². The van der Waals surface area contributed by atoms with Crippen LogP contribution in [0.1, 0.15) is 37.7 Å². The molecule has 1 N–H and O–H groups in total. The Hall–Kier alpha value is -1.32. The predicted molar refractivity (Wildman–Crippen MR) is 86.8 cm³/mol. The van der Waals surface area contributed by atoms with Crippen molar-refractivity contribution in [2.45, 2.75) is 52.2 Å². The van der Waals surface area contributed by atoms with E-state index < -0.39 is 5.60 Å². The maximum Gasteiger partial charge on any atom is 0.0715 e. The SMILES string of the molecule is CCc1cc(CC(C)(O)Cc2ccc(Cl)cc2)n(CC)n1. The van der Waals surface area contributed by atoms with Gasteiger partial charge in [0, 0.05) is 30.1 Å². The molecule has 1 aromatic carbocycles. The van der Waals surface area contributed by atoms with Crippen molar-refractivity contribution in [1.82, 2.24) is 9.78 Å². The third-order valence-corrected chi connectivity index (χ3v) is 3.89. The third-order valence-electron chi connectivity index (χ3n) is 3.64. The summed E-state index contributed by atoms with van der Waals surface area (Å²) in [5, 5.41) is 16.0. The molecule has 1 aromatic heterocycles. The number of aliphatic hydroxyl groups is 1. The number of aryl methyl sites for hydroxylation is 2. The van der Waals surface area contributed by atoms with Gasteiger partial charge in [-0.3, -0.25) is 4.68 Å².